The summed E-state index contributed by atoms with van der Waals surface area (Å²) in [6.07, 6.45) is -4.25. The molecule has 0 saturated heterocycles. The maximum atomic E-state index is 12.6. The number of ether oxygens (including phenoxy) is 1. The van der Waals surface area contributed by atoms with Crippen molar-refractivity contribution in [2.45, 2.75) is 18.4 Å². The molecule has 6 heteroatoms. The smallest absolute Gasteiger partial charge is 0.278 e. The van der Waals surface area contributed by atoms with E-state index < -0.39 is 18.4 Å². The molecule has 1 aliphatic rings. The molecule has 0 aromatic heterocycles. The zero-order valence-electron chi connectivity index (χ0n) is 6.18. The minimum absolute atomic E-state index is 0.364. The first-order valence-electron chi connectivity index (χ1n) is 3.30. The van der Waals surface area contributed by atoms with Gasteiger partial charge in [0, 0.05) is 0 Å². The lowest BCUT2D eigenvalue weighted by atomic mass is 10.1. The molecule has 1 atom stereocenters. The fourth-order valence-electron chi connectivity index (χ4n) is 0.834. The molecule has 1 unspecified atom stereocenters. The Kier molecular flexibility index (Phi) is 2.42. The standard InChI is InChI=1S/C7H5F5O/c8-6(9)4-2-1-3-5(6)13-7(10,11)12/h1-5H. The van der Waals surface area contributed by atoms with Crippen LogP contribution in [0.3, 0.4) is 0 Å². The molecule has 0 amide bonds. The van der Waals surface area contributed by atoms with Crippen molar-refractivity contribution in [3.05, 3.63) is 24.3 Å². The molecule has 1 nitrogen and oxygen atoms in total. The lowest BCUT2D eigenvalue weighted by Gasteiger charge is -2.24. The highest BCUT2D eigenvalue weighted by atomic mass is 19.4. The van der Waals surface area contributed by atoms with Crippen molar-refractivity contribution >= 4 is 0 Å². The second-order valence-corrected chi connectivity index (χ2v) is 2.40. The highest BCUT2D eigenvalue weighted by Crippen LogP contribution is 2.31. The first-order chi connectivity index (χ1) is 5.81. The van der Waals surface area contributed by atoms with Crippen LogP contribution in [-0.4, -0.2) is 18.4 Å². The van der Waals surface area contributed by atoms with E-state index in [-0.39, 0.29) is 0 Å². The summed E-state index contributed by atoms with van der Waals surface area (Å²) in [4.78, 5) is 0. The Morgan fingerprint density at radius 1 is 1.15 bits per heavy atom. The van der Waals surface area contributed by atoms with Crippen LogP contribution in [0.1, 0.15) is 0 Å². The predicted octanol–water partition coefficient (Wildman–Crippen LogP) is 2.65. The van der Waals surface area contributed by atoms with Crippen molar-refractivity contribution < 1.29 is 26.7 Å². The fourth-order valence-corrected chi connectivity index (χ4v) is 0.834. The van der Waals surface area contributed by atoms with Gasteiger partial charge in [-0.3, -0.25) is 4.74 Å². The Labute approximate surface area is 70.5 Å². The predicted molar refractivity (Wildman–Crippen MR) is 34.2 cm³/mol. The molecule has 0 saturated carbocycles. The van der Waals surface area contributed by atoms with E-state index in [0.29, 0.717) is 12.2 Å². The molecule has 1 rings (SSSR count). The Morgan fingerprint density at radius 3 is 2.23 bits per heavy atom. The molecular formula is C7H5F5O. The second kappa shape index (κ2) is 3.10. The normalized spacial score (nSPS) is 26.4. The highest BCUT2D eigenvalue weighted by Gasteiger charge is 2.44. The first-order valence-corrected chi connectivity index (χ1v) is 3.30. The number of hydrogen-bond donors (Lipinski definition) is 0. The van der Waals surface area contributed by atoms with Crippen molar-refractivity contribution in [3.63, 3.8) is 0 Å². The topological polar surface area (TPSA) is 9.23 Å². The van der Waals surface area contributed by atoms with E-state index in [9.17, 15) is 22.0 Å². The zero-order valence-corrected chi connectivity index (χ0v) is 6.18. The summed E-state index contributed by atoms with van der Waals surface area (Å²) >= 11 is 0. The van der Waals surface area contributed by atoms with Crippen LogP contribution in [0, 0.1) is 0 Å². The average Bonchev–Trinajstić information content (AvgIpc) is 1.91. The van der Waals surface area contributed by atoms with Crippen LogP contribution in [0.2, 0.25) is 0 Å². The summed E-state index contributed by atoms with van der Waals surface area (Å²) in [6, 6.07) is 0. The molecule has 0 aromatic rings. The lowest BCUT2D eigenvalue weighted by molar-refractivity contribution is -0.352. The minimum Gasteiger partial charge on any atom is -0.278 e. The van der Waals surface area contributed by atoms with E-state index in [0.717, 1.165) is 12.2 Å². The van der Waals surface area contributed by atoms with Crippen LogP contribution in [-0.2, 0) is 4.74 Å². The molecule has 0 heterocycles. The third-order valence-corrected chi connectivity index (χ3v) is 1.36. The van der Waals surface area contributed by atoms with Crippen molar-refractivity contribution in [1.29, 1.82) is 0 Å². The number of hydrogen-bond acceptors (Lipinski definition) is 1. The first kappa shape index (κ1) is 10.2. The molecule has 0 fully saturated rings. The summed E-state index contributed by atoms with van der Waals surface area (Å²) in [5.41, 5.74) is 0. The largest absolute Gasteiger partial charge is 0.523 e. The van der Waals surface area contributed by atoms with E-state index in [4.69, 9.17) is 0 Å². The van der Waals surface area contributed by atoms with Crippen molar-refractivity contribution in [2.24, 2.45) is 0 Å². The zero-order chi connectivity index (χ0) is 10.1. The highest BCUT2D eigenvalue weighted by molar-refractivity contribution is 5.19. The van der Waals surface area contributed by atoms with Gasteiger partial charge in [-0.15, -0.1) is 13.2 Å². The molecule has 0 N–H and O–H groups in total. The van der Waals surface area contributed by atoms with Gasteiger partial charge < -0.3 is 0 Å². The summed E-state index contributed by atoms with van der Waals surface area (Å²) in [5.74, 6) is -3.61. The summed E-state index contributed by atoms with van der Waals surface area (Å²) in [6.45, 7) is 0. The molecule has 0 spiro atoms. The second-order valence-electron chi connectivity index (χ2n) is 2.40. The summed E-state index contributed by atoms with van der Waals surface area (Å²) in [5, 5.41) is 0. The van der Waals surface area contributed by atoms with E-state index in [1.807, 2.05) is 0 Å². The van der Waals surface area contributed by atoms with Gasteiger partial charge in [0.05, 0.1) is 0 Å². The lowest BCUT2D eigenvalue weighted by Crippen LogP contribution is -2.37. The number of alkyl halides is 5. The van der Waals surface area contributed by atoms with E-state index >= 15 is 0 Å². The van der Waals surface area contributed by atoms with Crippen LogP contribution < -0.4 is 0 Å². The van der Waals surface area contributed by atoms with Crippen LogP contribution in [0.25, 0.3) is 0 Å². The Balaban J connectivity index is 2.70. The molecule has 0 bridgehead atoms. The van der Waals surface area contributed by atoms with Gasteiger partial charge in [-0.05, 0) is 12.2 Å². The van der Waals surface area contributed by atoms with Crippen molar-refractivity contribution in [1.82, 2.24) is 0 Å². The quantitative estimate of drug-likeness (QED) is 0.591. The number of halogens is 5. The molecule has 0 aromatic carbocycles. The molecular weight excluding hydrogens is 195 g/mol. The maximum Gasteiger partial charge on any atom is 0.523 e. The molecule has 13 heavy (non-hydrogen) atoms. The van der Waals surface area contributed by atoms with Crippen LogP contribution in [0.5, 0.6) is 0 Å². The van der Waals surface area contributed by atoms with Gasteiger partial charge in [-0.1, -0.05) is 12.2 Å². The summed E-state index contributed by atoms with van der Waals surface area (Å²) in [7, 11) is 0. The number of allylic oxidation sites excluding steroid dienone is 2. The van der Waals surface area contributed by atoms with Crippen molar-refractivity contribution in [2.75, 3.05) is 0 Å². The monoisotopic (exact) mass is 200 g/mol. The van der Waals surface area contributed by atoms with Gasteiger partial charge in [0.1, 0.15) is 0 Å². The van der Waals surface area contributed by atoms with Crippen molar-refractivity contribution in [3.8, 4) is 0 Å². The van der Waals surface area contributed by atoms with E-state index in [2.05, 4.69) is 4.74 Å². The van der Waals surface area contributed by atoms with Crippen LogP contribution in [0.15, 0.2) is 24.3 Å². The third kappa shape index (κ3) is 2.80. The summed E-state index contributed by atoms with van der Waals surface area (Å²) < 4.78 is 63.2. The van der Waals surface area contributed by atoms with Gasteiger partial charge in [-0.2, -0.15) is 8.78 Å². The minimum atomic E-state index is -5.05. The van der Waals surface area contributed by atoms with Gasteiger partial charge >= 0.3 is 6.36 Å². The number of rotatable bonds is 1. The van der Waals surface area contributed by atoms with E-state index in [1.165, 1.54) is 0 Å². The SMILES string of the molecule is FC(F)(F)OC1C=CC=CC1(F)F. The van der Waals surface area contributed by atoms with Gasteiger partial charge in [0.15, 0.2) is 6.10 Å². The molecule has 74 valence electrons. The molecule has 1 aliphatic carbocycles. The maximum absolute atomic E-state index is 12.6. The fraction of sp³-hybridized carbons (Fsp3) is 0.429. The third-order valence-electron chi connectivity index (χ3n) is 1.36. The van der Waals surface area contributed by atoms with Crippen LogP contribution in [0.4, 0.5) is 22.0 Å². The molecule has 0 radical (unpaired) electrons. The van der Waals surface area contributed by atoms with Gasteiger partial charge in [0.25, 0.3) is 5.92 Å². The van der Waals surface area contributed by atoms with E-state index in [1.54, 1.807) is 0 Å². The van der Waals surface area contributed by atoms with Crippen LogP contribution >= 0.6 is 0 Å². The Bertz CT molecular complexity index is 240. The average molecular weight is 200 g/mol. The Hall–Kier alpha value is -0.910. The molecule has 0 aliphatic heterocycles. The van der Waals surface area contributed by atoms with Gasteiger partial charge in [-0.25, -0.2) is 0 Å². The Morgan fingerprint density at radius 2 is 1.77 bits per heavy atom. The van der Waals surface area contributed by atoms with Gasteiger partial charge in [0.2, 0.25) is 0 Å².